The second-order valence-electron chi connectivity index (χ2n) is 9.74. The SMILES string of the molecule is [Se]=P(Oc1ccc(N=Cc2ccccn2)cc1)(Oc1ccc(N=Cc2ccccn2)cc1)Oc1ccc(N=Cc2ccccn2)cc1. The van der Waals surface area contributed by atoms with Crippen molar-refractivity contribution in [2.75, 3.05) is 0 Å². The van der Waals surface area contributed by atoms with E-state index in [1.54, 1.807) is 37.2 Å². The van der Waals surface area contributed by atoms with Crippen molar-refractivity contribution in [3.8, 4) is 17.2 Å². The van der Waals surface area contributed by atoms with E-state index in [9.17, 15) is 0 Å². The quantitative estimate of drug-likeness (QED) is 0.0720. The molecule has 9 nitrogen and oxygen atoms in total. The predicted octanol–water partition coefficient (Wildman–Crippen LogP) is 8.51. The van der Waals surface area contributed by atoms with Gasteiger partial charge in [-0.25, -0.2) is 0 Å². The van der Waals surface area contributed by atoms with Crippen molar-refractivity contribution >= 4 is 57.0 Å². The van der Waals surface area contributed by atoms with E-state index in [4.69, 9.17) is 13.6 Å². The van der Waals surface area contributed by atoms with E-state index in [0.717, 1.165) is 34.1 Å². The average Bonchev–Trinajstić information content (AvgIpc) is 3.12. The van der Waals surface area contributed by atoms with Gasteiger partial charge in [-0.2, -0.15) is 0 Å². The number of hydrogen-bond donors (Lipinski definition) is 0. The molecular weight excluding hydrogens is 674 g/mol. The average molecular weight is 702 g/mol. The molecule has 3 aromatic heterocycles. The molecule has 3 heterocycles. The molecule has 6 aromatic rings. The van der Waals surface area contributed by atoms with Gasteiger partial charge in [-0.15, -0.1) is 0 Å². The van der Waals surface area contributed by atoms with E-state index in [1.165, 1.54) is 0 Å². The summed E-state index contributed by atoms with van der Waals surface area (Å²) in [6.07, 6.45) is 7.17. The van der Waals surface area contributed by atoms with Crippen LogP contribution in [0.3, 0.4) is 0 Å². The van der Waals surface area contributed by atoms with Gasteiger partial charge in [-0.3, -0.25) is 0 Å². The molecule has 0 saturated carbocycles. The number of aliphatic imine (C=N–C) groups is 3. The van der Waals surface area contributed by atoms with E-state index < -0.39 is 6.19 Å². The predicted molar refractivity (Wildman–Crippen MR) is 188 cm³/mol. The van der Waals surface area contributed by atoms with Crippen LogP contribution in [0.1, 0.15) is 17.1 Å². The third-order valence-electron chi connectivity index (χ3n) is 6.26. The van der Waals surface area contributed by atoms with Gasteiger partial charge in [0.15, 0.2) is 0 Å². The van der Waals surface area contributed by atoms with Gasteiger partial charge in [0.1, 0.15) is 0 Å². The first kappa shape index (κ1) is 31.5. The van der Waals surface area contributed by atoms with E-state index in [1.807, 2.05) is 127 Å². The number of pyridine rings is 3. The minimum atomic E-state index is -3.14. The van der Waals surface area contributed by atoms with Gasteiger partial charge in [0.05, 0.1) is 0 Å². The molecule has 11 heteroatoms. The van der Waals surface area contributed by atoms with Crippen LogP contribution in [0.5, 0.6) is 17.2 Å². The summed E-state index contributed by atoms with van der Waals surface area (Å²) in [5.41, 5.74) is 4.55. The standard InChI is InChI=1S/C36H27N6O3PSe/c47-46(43-34-16-10-28(11-17-34)40-25-31-7-1-4-22-37-31,44-35-18-12-29(13-19-35)41-26-32-8-2-5-23-38-32)45-36-20-14-30(15-21-36)42-27-33-9-3-6-24-39-33/h1-27H. The van der Waals surface area contributed by atoms with Crippen molar-refractivity contribution < 1.29 is 13.6 Å². The second kappa shape index (κ2) is 15.7. The van der Waals surface area contributed by atoms with Crippen molar-refractivity contribution in [1.29, 1.82) is 0 Å². The molecule has 3 aromatic carbocycles. The van der Waals surface area contributed by atoms with Gasteiger partial charge in [-0.1, -0.05) is 0 Å². The minimum absolute atomic E-state index is 0.544. The zero-order chi connectivity index (χ0) is 32.2. The Balaban J connectivity index is 1.19. The number of benzene rings is 3. The Labute approximate surface area is 279 Å². The summed E-state index contributed by atoms with van der Waals surface area (Å²) in [4.78, 5) is 26.3. The first-order valence-corrected chi connectivity index (χ1v) is 18.2. The van der Waals surface area contributed by atoms with Crippen LogP contribution in [0.2, 0.25) is 0 Å². The van der Waals surface area contributed by atoms with E-state index in [0.29, 0.717) is 17.2 Å². The number of nitrogens with zero attached hydrogens (tertiary/aromatic N) is 6. The fraction of sp³-hybridized carbons (Fsp3) is 0. The van der Waals surface area contributed by atoms with Crippen LogP contribution < -0.4 is 13.6 Å². The van der Waals surface area contributed by atoms with E-state index >= 15 is 0 Å². The van der Waals surface area contributed by atoms with Crippen LogP contribution in [-0.4, -0.2) is 48.7 Å². The van der Waals surface area contributed by atoms with Gasteiger partial charge >= 0.3 is 281 Å². The van der Waals surface area contributed by atoms with Crippen molar-refractivity contribution in [3.63, 3.8) is 0 Å². The topological polar surface area (TPSA) is 103 Å². The number of aromatic nitrogens is 3. The van der Waals surface area contributed by atoms with Crippen molar-refractivity contribution in [3.05, 3.63) is 163 Å². The normalized spacial score (nSPS) is 12.7. The zero-order valence-corrected chi connectivity index (χ0v) is 27.5. The molecular formula is C36H27N6O3PSe. The van der Waals surface area contributed by atoms with Crippen LogP contribution in [0, 0.1) is 0 Å². The summed E-state index contributed by atoms with van der Waals surface area (Å²) >= 11 is 3.05. The van der Waals surface area contributed by atoms with Crippen molar-refractivity contribution in [2.24, 2.45) is 15.0 Å². The van der Waals surface area contributed by atoms with E-state index in [-0.39, 0.29) is 0 Å². The third-order valence-corrected chi connectivity index (χ3v) is 8.97. The summed E-state index contributed by atoms with van der Waals surface area (Å²) in [6, 6.07) is 39.0. The van der Waals surface area contributed by atoms with Crippen LogP contribution in [0.25, 0.3) is 0 Å². The number of hydrogen-bond acceptors (Lipinski definition) is 9. The first-order valence-electron chi connectivity index (χ1n) is 14.4. The Morgan fingerprint density at radius 1 is 0.426 bits per heavy atom. The van der Waals surface area contributed by atoms with Gasteiger partial charge in [0, 0.05) is 0 Å². The Hall–Kier alpha value is -5.53. The molecule has 0 radical (unpaired) electrons. The Kier molecular flexibility index (Phi) is 10.5. The molecule has 0 saturated heterocycles. The van der Waals surface area contributed by atoms with Crippen LogP contribution in [0.4, 0.5) is 17.1 Å². The zero-order valence-electron chi connectivity index (χ0n) is 24.9. The Morgan fingerprint density at radius 2 is 0.723 bits per heavy atom. The van der Waals surface area contributed by atoms with Crippen LogP contribution in [-0.2, 0) is 0 Å². The second-order valence-corrected chi connectivity index (χ2v) is 14.0. The molecule has 0 spiro atoms. The Morgan fingerprint density at radius 3 is 0.979 bits per heavy atom. The van der Waals surface area contributed by atoms with Crippen LogP contribution >= 0.6 is 6.19 Å². The molecule has 0 aliphatic rings. The summed E-state index contributed by atoms with van der Waals surface area (Å²) in [7, 11) is 0. The monoisotopic (exact) mass is 702 g/mol. The number of rotatable bonds is 12. The summed E-state index contributed by atoms with van der Waals surface area (Å²) in [6.45, 7) is 0. The van der Waals surface area contributed by atoms with Crippen LogP contribution in [0.15, 0.2) is 161 Å². The first-order chi connectivity index (χ1) is 23.1. The molecule has 0 N–H and O–H groups in total. The van der Waals surface area contributed by atoms with Gasteiger partial charge in [0.25, 0.3) is 0 Å². The molecule has 47 heavy (non-hydrogen) atoms. The molecule has 0 unspecified atom stereocenters. The summed E-state index contributed by atoms with van der Waals surface area (Å²) < 4.78 is 19.1. The fourth-order valence-corrected chi connectivity index (χ4v) is 6.88. The van der Waals surface area contributed by atoms with Crippen molar-refractivity contribution in [1.82, 2.24) is 15.0 Å². The van der Waals surface area contributed by atoms with E-state index in [2.05, 4.69) is 45.0 Å². The molecule has 0 bridgehead atoms. The van der Waals surface area contributed by atoms with Gasteiger partial charge in [-0.05, 0) is 0 Å². The molecule has 230 valence electrons. The molecule has 0 atom stereocenters. The summed E-state index contributed by atoms with van der Waals surface area (Å²) in [5.74, 6) is 1.63. The fourth-order valence-electron chi connectivity index (χ4n) is 4.00. The van der Waals surface area contributed by atoms with Gasteiger partial charge < -0.3 is 0 Å². The molecule has 0 amide bonds. The van der Waals surface area contributed by atoms with Gasteiger partial charge in [0.2, 0.25) is 0 Å². The Bertz CT molecular complexity index is 1780. The maximum absolute atomic E-state index is 6.37. The molecule has 0 aliphatic carbocycles. The molecule has 6 rings (SSSR count). The maximum atomic E-state index is 6.37. The molecule has 0 aliphatic heterocycles. The summed E-state index contributed by atoms with van der Waals surface area (Å²) in [5, 5.41) is 0. The third kappa shape index (κ3) is 9.73. The molecule has 0 fully saturated rings. The van der Waals surface area contributed by atoms with Crippen molar-refractivity contribution in [2.45, 2.75) is 0 Å².